The van der Waals surface area contributed by atoms with Crippen LogP contribution in [0.15, 0.2) is 65.3 Å². The van der Waals surface area contributed by atoms with Crippen LogP contribution in [0.1, 0.15) is 11.3 Å². The summed E-state index contributed by atoms with van der Waals surface area (Å²) in [5.74, 6) is 2.37. The number of thiocarbonyl (C=S) groups is 1. The molecule has 0 aliphatic carbocycles. The van der Waals surface area contributed by atoms with Crippen LogP contribution in [0, 0.1) is 0 Å². The molecule has 8 heteroatoms. The number of thioether (sulfide) groups is 1. The van der Waals surface area contributed by atoms with Gasteiger partial charge in [0, 0.05) is 24.8 Å². The van der Waals surface area contributed by atoms with Crippen molar-refractivity contribution in [3.63, 3.8) is 0 Å². The van der Waals surface area contributed by atoms with Gasteiger partial charge in [-0.2, -0.15) is 0 Å². The maximum Gasteiger partial charge on any atom is 0.226 e. The number of hydrogen-bond acceptors (Lipinski definition) is 6. The fourth-order valence-electron chi connectivity index (χ4n) is 2.83. The van der Waals surface area contributed by atoms with Crippen molar-refractivity contribution in [3.8, 4) is 17.2 Å². The number of aromatic nitrogens is 1. The molecule has 1 unspecified atom stereocenters. The summed E-state index contributed by atoms with van der Waals surface area (Å²) in [6.45, 7) is 0.550. The van der Waals surface area contributed by atoms with E-state index in [9.17, 15) is 0 Å². The number of hydrogen-bond donors (Lipinski definition) is 2. The third-order valence-electron chi connectivity index (χ3n) is 4.51. The molecule has 1 aliphatic heterocycles. The number of nitrogens with one attached hydrogen (secondary N) is 2. The molecular formula is C21H22N4O2S2. The van der Waals surface area contributed by atoms with Gasteiger partial charge in [0.25, 0.3) is 0 Å². The van der Waals surface area contributed by atoms with Crippen molar-refractivity contribution in [2.75, 3.05) is 13.7 Å². The summed E-state index contributed by atoms with van der Waals surface area (Å²) in [5.41, 5.74) is 9.36. The lowest BCUT2D eigenvalue weighted by Gasteiger charge is -2.18. The van der Waals surface area contributed by atoms with Gasteiger partial charge in [0.05, 0.1) is 12.3 Å². The van der Waals surface area contributed by atoms with Crippen LogP contribution in [0.5, 0.6) is 5.75 Å². The Morgan fingerprint density at radius 2 is 1.97 bits per heavy atom. The standard InChI is InChI=1S/C21H22N4O2S2/c1-25-20(28)23-24-21(25)29-14-15-7-9-18(10-8-15)26-12-11-17-13-27-19(22-17)16-5-3-2-4-6-16/h2-10,13,21,24H,11-12,14H2,1H3,(H,23,28). The molecule has 29 heavy (non-hydrogen) atoms. The topological polar surface area (TPSA) is 62.6 Å². The molecule has 6 nitrogen and oxygen atoms in total. The maximum absolute atomic E-state index is 5.85. The summed E-state index contributed by atoms with van der Waals surface area (Å²) in [7, 11) is 1.97. The fourth-order valence-corrected chi connectivity index (χ4v) is 4.08. The second-order valence-electron chi connectivity index (χ2n) is 6.60. The van der Waals surface area contributed by atoms with E-state index in [0.717, 1.165) is 22.8 Å². The highest BCUT2D eigenvalue weighted by molar-refractivity contribution is 7.99. The summed E-state index contributed by atoms with van der Waals surface area (Å²) in [4.78, 5) is 6.53. The van der Waals surface area contributed by atoms with Gasteiger partial charge in [0.15, 0.2) is 5.11 Å². The number of oxazole rings is 1. The van der Waals surface area contributed by atoms with Gasteiger partial charge in [-0.25, -0.2) is 10.4 Å². The fraction of sp³-hybridized carbons (Fsp3) is 0.238. The van der Waals surface area contributed by atoms with Gasteiger partial charge in [-0.15, -0.1) is 11.8 Å². The van der Waals surface area contributed by atoms with Crippen LogP contribution in [0.2, 0.25) is 0 Å². The van der Waals surface area contributed by atoms with E-state index in [1.165, 1.54) is 5.56 Å². The Bertz CT molecular complexity index is 947. The first-order valence-corrected chi connectivity index (χ1v) is 10.8. The summed E-state index contributed by atoms with van der Waals surface area (Å²) >= 11 is 6.96. The second kappa shape index (κ2) is 9.30. The zero-order chi connectivity index (χ0) is 20.1. The van der Waals surface area contributed by atoms with E-state index in [0.29, 0.717) is 24.0 Å². The van der Waals surface area contributed by atoms with Gasteiger partial charge < -0.3 is 14.1 Å². The normalized spacial score (nSPS) is 16.1. The highest BCUT2D eigenvalue weighted by Gasteiger charge is 2.23. The van der Waals surface area contributed by atoms with E-state index >= 15 is 0 Å². The molecule has 2 heterocycles. The quantitative estimate of drug-likeness (QED) is 0.528. The molecule has 0 radical (unpaired) electrons. The molecule has 3 aromatic rings. The summed E-state index contributed by atoms with van der Waals surface area (Å²) in [6, 6.07) is 18.1. The van der Waals surface area contributed by atoms with Gasteiger partial charge in [0.2, 0.25) is 5.89 Å². The Labute approximate surface area is 179 Å². The van der Waals surface area contributed by atoms with Crippen molar-refractivity contribution in [2.45, 2.75) is 17.7 Å². The van der Waals surface area contributed by atoms with Crippen LogP contribution in [0.4, 0.5) is 0 Å². The second-order valence-corrected chi connectivity index (χ2v) is 8.06. The molecule has 0 spiro atoms. The third kappa shape index (κ3) is 5.09. The van der Waals surface area contributed by atoms with Gasteiger partial charge >= 0.3 is 0 Å². The highest BCUT2D eigenvalue weighted by atomic mass is 32.2. The van der Waals surface area contributed by atoms with Crippen LogP contribution in [0.3, 0.4) is 0 Å². The highest BCUT2D eigenvalue weighted by Crippen LogP contribution is 2.22. The number of rotatable bonds is 8. The molecule has 1 atom stereocenters. The van der Waals surface area contributed by atoms with E-state index in [-0.39, 0.29) is 5.50 Å². The Hall–Kier alpha value is -2.55. The monoisotopic (exact) mass is 426 g/mol. The first-order valence-electron chi connectivity index (χ1n) is 9.30. The Balaban J connectivity index is 1.22. The van der Waals surface area contributed by atoms with Crippen LogP contribution in [0.25, 0.3) is 11.5 Å². The van der Waals surface area contributed by atoms with E-state index in [1.54, 1.807) is 18.0 Å². The van der Waals surface area contributed by atoms with E-state index < -0.39 is 0 Å². The molecule has 150 valence electrons. The lowest BCUT2D eigenvalue weighted by atomic mass is 10.2. The Morgan fingerprint density at radius 3 is 2.69 bits per heavy atom. The van der Waals surface area contributed by atoms with Crippen molar-refractivity contribution < 1.29 is 9.15 Å². The number of hydrazine groups is 1. The van der Waals surface area contributed by atoms with Crippen LogP contribution < -0.4 is 15.6 Å². The summed E-state index contributed by atoms with van der Waals surface area (Å²) < 4.78 is 11.4. The third-order valence-corrected chi connectivity index (χ3v) is 6.15. The van der Waals surface area contributed by atoms with Crippen molar-refractivity contribution in [1.29, 1.82) is 0 Å². The number of nitrogens with zero attached hydrogens (tertiary/aromatic N) is 2. The smallest absolute Gasteiger partial charge is 0.226 e. The van der Waals surface area contributed by atoms with Gasteiger partial charge in [-0.3, -0.25) is 5.43 Å². The first-order chi connectivity index (χ1) is 14.2. The minimum atomic E-state index is 0.140. The zero-order valence-electron chi connectivity index (χ0n) is 16.0. The first kappa shape index (κ1) is 19.8. The SMILES string of the molecule is CN1C(=S)NNC1SCc1ccc(OCCc2coc(-c3ccccc3)n2)cc1. The molecule has 0 amide bonds. The van der Waals surface area contributed by atoms with E-state index in [4.69, 9.17) is 21.4 Å². The maximum atomic E-state index is 5.85. The molecule has 1 fully saturated rings. The molecule has 0 bridgehead atoms. The average molecular weight is 427 g/mol. The average Bonchev–Trinajstić information content (AvgIpc) is 3.35. The van der Waals surface area contributed by atoms with Crippen molar-refractivity contribution >= 4 is 29.1 Å². The van der Waals surface area contributed by atoms with Crippen molar-refractivity contribution in [3.05, 3.63) is 72.1 Å². The lowest BCUT2D eigenvalue weighted by Crippen LogP contribution is -2.31. The van der Waals surface area contributed by atoms with Crippen molar-refractivity contribution in [1.82, 2.24) is 20.7 Å². The Morgan fingerprint density at radius 1 is 1.17 bits per heavy atom. The molecule has 4 rings (SSSR count). The molecule has 1 aliphatic rings. The predicted octanol–water partition coefficient (Wildman–Crippen LogP) is 3.80. The Kier molecular flexibility index (Phi) is 6.33. The van der Waals surface area contributed by atoms with E-state index in [2.05, 4.69) is 28.0 Å². The largest absolute Gasteiger partial charge is 0.493 e. The zero-order valence-corrected chi connectivity index (χ0v) is 17.6. The van der Waals surface area contributed by atoms with Gasteiger partial charge in [0.1, 0.15) is 17.5 Å². The van der Waals surface area contributed by atoms with Crippen molar-refractivity contribution in [2.24, 2.45) is 0 Å². The molecule has 2 N–H and O–H groups in total. The minimum absolute atomic E-state index is 0.140. The molecule has 1 saturated heterocycles. The number of benzene rings is 2. The van der Waals surface area contributed by atoms with E-state index in [1.807, 2.05) is 54.4 Å². The molecule has 1 aromatic heterocycles. The summed E-state index contributed by atoms with van der Waals surface area (Å²) in [6.07, 6.45) is 2.39. The van der Waals surface area contributed by atoms with Crippen LogP contribution >= 0.6 is 24.0 Å². The molecular weight excluding hydrogens is 404 g/mol. The summed E-state index contributed by atoms with van der Waals surface area (Å²) in [5, 5.41) is 0.717. The minimum Gasteiger partial charge on any atom is -0.493 e. The number of ether oxygens (including phenoxy) is 1. The van der Waals surface area contributed by atoms with Crippen LogP contribution in [-0.4, -0.2) is 34.1 Å². The molecule has 2 aromatic carbocycles. The molecule has 0 saturated carbocycles. The van der Waals surface area contributed by atoms with Gasteiger partial charge in [-0.1, -0.05) is 30.3 Å². The predicted molar refractivity (Wildman–Crippen MR) is 119 cm³/mol. The van der Waals surface area contributed by atoms with Gasteiger partial charge in [-0.05, 0) is 42.0 Å². The lowest BCUT2D eigenvalue weighted by molar-refractivity contribution is 0.320. The van der Waals surface area contributed by atoms with Crippen LogP contribution in [-0.2, 0) is 12.2 Å².